The number of benzene rings is 7. The molecule has 7 aromatic carbocycles. The van der Waals surface area contributed by atoms with Crippen molar-refractivity contribution >= 4 is 0 Å². The zero-order chi connectivity index (χ0) is 67.0. The van der Waals surface area contributed by atoms with Gasteiger partial charge in [0, 0.05) is 44.9 Å². The van der Waals surface area contributed by atoms with Crippen molar-refractivity contribution in [3.8, 4) is 40.2 Å². The Kier molecular flexibility index (Phi) is 18.6. The molecule has 0 aromatic heterocycles. The summed E-state index contributed by atoms with van der Waals surface area (Å²) in [5.41, 5.74) is 19.7. The first-order chi connectivity index (χ1) is 42.7. The highest BCUT2D eigenvalue weighted by Crippen LogP contribution is 2.47. The molecule has 0 amide bonds. The molecule has 3 aliphatic rings. The molecule has 10 rings (SSSR count). The van der Waals surface area contributed by atoms with Crippen LogP contribution in [0, 0.1) is 0 Å². The topological polar surface area (TPSA) is 97.6 Å². The molecule has 0 fully saturated rings. The van der Waals surface area contributed by atoms with Crippen LogP contribution in [-0.4, -0.2) is 41.7 Å². The van der Waals surface area contributed by atoms with E-state index >= 15 is 0 Å². The van der Waals surface area contributed by atoms with Gasteiger partial charge in [-0.15, -0.1) is 0 Å². The fourth-order valence-corrected chi connectivity index (χ4v) is 13.5. The van der Waals surface area contributed by atoms with E-state index in [4.69, 9.17) is 18.9 Å². The number of fused-ring (bicyclic) bond motifs is 11. The molecule has 3 N–H and O–H groups in total. The molecule has 3 aliphatic heterocycles. The number of hydrogen-bond acceptors (Lipinski definition) is 7. The van der Waals surface area contributed by atoms with Crippen LogP contribution in [-0.2, 0) is 82.9 Å². The minimum absolute atomic E-state index is 0.171. The Morgan fingerprint density at radius 1 is 0.207 bits per heavy atom. The molecule has 0 aliphatic carbocycles. The van der Waals surface area contributed by atoms with Gasteiger partial charge < -0.3 is 34.3 Å². The van der Waals surface area contributed by atoms with Gasteiger partial charge in [-0.3, -0.25) is 0 Å². The molecule has 0 saturated heterocycles. The van der Waals surface area contributed by atoms with Crippen molar-refractivity contribution in [3.05, 3.63) is 202 Å². The summed E-state index contributed by atoms with van der Waals surface area (Å²) in [6, 6.07) is 32.0. The van der Waals surface area contributed by atoms with Crippen molar-refractivity contribution in [2.45, 2.75) is 254 Å². The molecule has 0 atom stereocenters. The van der Waals surface area contributed by atoms with Crippen LogP contribution >= 0.6 is 0 Å². The third-order valence-corrected chi connectivity index (χ3v) is 19.6. The van der Waals surface area contributed by atoms with Gasteiger partial charge in [-0.05, 0) is 180 Å². The van der Waals surface area contributed by atoms with E-state index in [9.17, 15) is 15.3 Å². The maximum absolute atomic E-state index is 13.1. The number of ether oxygens (including phenoxy) is 4. The Hall–Kier alpha value is -6.86. The van der Waals surface area contributed by atoms with Crippen molar-refractivity contribution in [1.29, 1.82) is 0 Å². The van der Waals surface area contributed by atoms with Gasteiger partial charge in [0.05, 0.1) is 26.4 Å². The monoisotopic (exact) mass is 1240 g/mol. The first-order valence-corrected chi connectivity index (χ1v) is 34.4. The highest BCUT2D eigenvalue weighted by atomic mass is 16.5. The lowest BCUT2D eigenvalue weighted by atomic mass is 9.79. The lowest BCUT2D eigenvalue weighted by molar-refractivity contribution is 0.260. The minimum Gasteiger partial charge on any atom is -0.507 e. The molecule has 0 spiro atoms. The second kappa shape index (κ2) is 25.1. The number of aromatic hydroxyl groups is 3. The Labute approximate surface area is 553 Å². The van der Waals surface area contributed by atoms with Crippen molar-refractivity contribution in [3.63, 3.8) is 0 Å². The van der Waals surface area contributed by atoms with Crippen molar-refractivity contribution in [2.75, 3.05) is 26.4 Å². The predicted molar refractivity (Wildman–Crippen MR) is 381 cm³/mol. The zero-order valence-corrected chi connectivity index (χ0v) is 60.2. The Balaban J connectivity index is 1.35. The number of phenols is 3. The molecular weight excluding hydrogens is 1130 g/mol. The van der Waals surface area contributed by atoms with Crippen LogP contribution in [0.15, 0.2) is 84.9 Å². The average molecular weight is 1240 g/mol. The van der Waals surface area contributed by atoms with Crippen molar-refractivity contribution in [1.82, 2.24) is 0 Å². The van der Waals surface area contributed by atoms with E-state index < -0.39 is 0 Å². The number of rotatable bonds is 0. The van der Waals surface area contributed by atoms with Crippen LogP contribution in [0.5, 0.6) is 40.2 Å². The Bertz CT molecular complexity index is 3670. The fourth-order valence-electron chi connectivity index (χ4n) is 13.5. The summed E-state index contributed by atoms with van der Waals surface area (Å²) < 4.78 is 29.3. The van der Waals surface area contributed by atoms with Crippen LogP contribution in [0.2, 0.25) is 0 Å². The molecule has 7 heteroatoms. The van der Waals surface area contributed by atoms with Gasteiger partial charge in [-0.1, -0.05) is 230 Å². The summed E-state index contributed by atoms with van der Waals surface area (Å²) in [4.78, 5) is 0. The fraction of sp³-hybridized carbons (Fsp3) is 0.506. The quantitative estimate of drug-likeness (QED) is 0.139. The smallest absolute Gasteiger partial charge is 0.126 e. The van der Waals surface area contributed by atoms with E-state index in [2.05, 4.69) is 230 Å². The van der Waals surface area contributed by atoms with E-state index in [1.165, 1.54) is 22.3 Å². The lowest BCUT2D eigenvalue weighted by Gasteiger charge is -2.28. The summed E-state index contributed by atoms with van der Waals surface area (Å²) in [7, 11) is 0. The molecule has 0 radical (unpaired) electrons. The van der Waals surface area contributed by atoms with Crippen molar-refractivity contribution < 1.29 is 34.3 Å². The molecule has 92 heavy (non-hydrogen) atoms. The number of phenolic OH excluding ortho intramolecular Hbond substituents is 3. The third kappa shape index (κ3) is 15.0. The summed E-state index contributed by atoms with van der Waals surface area (Å²) in [6.07, 6.45) is 6.22. The first kappa shape index (κ1) is 68.0. The lowest BCUT2D eigenvalue weighted by Crippen LogP contribution is -2.17. The molecule has 0 unspecified atom stereocenters. The van der Waals surface area contributed by atoms with Crippen LogP contribution in [0.1, 0.15) is 288 Å². The first-order valence-electron chi connectivity index (χ1n) is 34.4. The summed E-state index contributed by atoms with van der Waals surface area (Å²) >= 11 is 0. The SMILES string of the molecule is CC(C)(C)c1cc2c(O)c(c1)Cc1cc(C(C)(C)C)cc(c1O)Cc1cc(C(C)(C)C)cc3c1OCCCCOc1c(cc(C(C)(C)C)cc1Cc1cc(C(C)(C)C)cc4c1OCCCCOc1c(cc(C(C)(C)C)cc1C4)C3)Cc1cc(C(C)(C)C)cc(c1O)C2. The van der Waals surface area contributed by atoms with Crippen LogP contribution in [0.3, 0.4) is 0 Å². The highest BCUT2D eigenvalue weighted by molar-refractivity contribution is 5.62. The third-order valence-electron chi connectivity index (χ3n) is 19.6. The van der Waals surface area contributed by atoms with Gasteiger partial charge in [-0.2, -0.15) is 0 Å². The van der Waals surface area contributed by atoms with Gasteiger partial charge in [0.1, 0.15) is 40.2 Å². The van der Waals surface area contributed by atoms with Gasteiger partial charge in [0.2, 0.25) is 0 Å². The van der Waals surface area contributed by atoms with Gasteiger partial charge in [0.25, 0.3) is 0 Å². The minimum atomic E-state index is -0.292. The molecule has 492 valence electrons. The van der Waals surface area contributed by atoms with Gasteiger partial charge in [-0.25, -0.2) is 0 Å². The number of hydrogen-bond donors (Lipinski definition) is 3. The normalized spacial score (nSPS) is 15.7. The predicted octanol–water partition coefficient (Wildman–Crippen LogP) is 20.4. The van der Waals surface area contributed by atoms with Gasteiger partial charge in [0.15, 0.2) is 0 Å². The van der Waals surface area contributed by atoms with Gasteiger partial charge >= 0.3 is 0 Å². The van der Waals surface area contributed by atoms with E-state index in [0.29, 0.717) is 71.4 Å². The Morgan fingerprint density at radius 2 is 0.326 bits per heavy atom. The highest BCUT2D eigenvalue weighted by Gasteiger charge is 2.32. The molecular formula is C85H110O7. The maximum atomic E-state index is 13.1. The average Bonchev–Trinajstić information content (AvgIpc) is 0.856. The Morgan fingerprint density at radius 3 is 0.467 bits per heavy atom. The second-order valence-corrected chi connectivity index (χ2v) is 34.7. The van der Waals surface area contributed by atoms with Crippen molar-refractivity contribution in [2.24, 2.45) is 0 Å². The van der Waals surface area contributed by atoms with E-state index in [1.54, 1.807) is 0 Å². The van der Waals surface area contributed by atoms with Crippen LogP contribution in [0.25, 0.3) is 0 Å². The molecule has 7 aromatic rings. The standard InChI is InChI=1S/C85H110O7/c1-79(2,3)65-37-51-30-53-39-66(80(4,5)6)41-55(73(53)87)32-57-43-68(82(10,11)12)45-59-34-61-47-70(84(16,17)18)49-63-36-64-50-71(85(19,20)21)48-62(78(64)92-29-25-24-28-91-77(61)63)35-60-46-69(83(13,14)15)44-58(76(60)90-27-23-22-26-89-75(57)59)33-56-42-67(81(7,8)9)40-54(74(56)88)31-52(38-65)72(51)86/h37-50,86-88H,22-36H2,1-21H3. The molecule has 3 heterocycles. The van der Waals surface area contributed by atoms with E-state index in [-0.39, 0.29) is 55.2 Å². The summed E-state index contributed by atoms with van der Waals surface area (Å²) in [5.74, 6) is 4.12. The van der Waals surface area contributed by atoms with Crippen LogP contribution < -0.4 is 18.9 Å². The maximum Gasteiger partial charge on any atom is 0.126 e. The largest absolute Gasteiger partial charge is 0.507 e. The molecule has 14 bridgehead atoms. The summed E-state index contributed by atoms with van der Waals surface area (Å²) in [5, 5.41) is 39.1. The molecule has 0 saturated carbocycles. The van der Waals surface area contributed by atoms with Crippen LogP contribution in [0.4, 0.5) is 0 Å². The van der Waals surface area contributed by atoms with E-state index in [0.717, 1.165) is 143 Å². The zero-order valence-electron chi connectivity index (χ0n) is 60.2. The van der Waals surface area contributed by atoms with E-state index in [1.807, 2.05) is 0 Å². The summed E-state index contributed by atoms with van der Waals surface area (Å²) in [6.45, 7) is 49.6. The second-order valence-electron chi connectivity index (χ2n) is 34.7. The molecule has 7 nitrogen and oxygen atoms in total.